The molecule has 0 bridgehead atoms. The summed E-state index contributed by atoms with van der Waals surface area (Å²) in [5, 5.41) is 3.64. The van der Waals surface area contributed by atoms with Crippen LogP contribution >= 0.6 is 15.9 Å². The molecular formula is C16H24BrFN2. The van der Waals surface area contributed by atoms with Crippen LogP contribution in [0.15, 0.2) is 22.7 Å². The molecular weight excluding hydrogens is 319 g/mol. The van der Waals surface area contributed by atoms with Gasteiger partial charge in [-0.05, 0) is 38.0 Å². The van der Waals surface area contributed by atoms with Crippen LogP contribution in [-0.4, -0.2) is 29.6 Å². The lowest BCUT2D eigenvalue weighted by Gasteiger charge is -2.46. The minimum absolute atomic E-state index is 0.111. The van der Waals surface area contributed by atoms with Crippen molar-refractivity contribution in [2.24, 2.45) is 0 Å². The van der Waals surface area contributed by atoms with E-state index in [9.17, 15) is 4.39 Å². The van der Waals surface area contributed by atoms with Gasteiger partial charge >= 0.3 is 0 Å². The lowest BCUT2D eigenvalue weighted by atomic mass is 9.92. The van der Waals surface area contributed by atoms with Gasteiger partial charge in [-0.1, -0.05) is 29.8 Å². The number of benzene rings is 1. The van der Waals surface area contributed by atoms with Gasteiger partial charge in [-0.2, -0.15) is 0 Å². The van der Waals surface area contributed by atoms with Gasteiger partial charge in [0.15, 0.2) is 0 Å². The highest BCUT2D eigenvalue weighted by molar-refractivity contribution is 9.10. The van der Waals surface area contributed by atoms with Gasteiger partial charge in [0.2, 0.25) is 0 Å². The predicted molar refractivity (Wildman–Crippen MR) is 85.3 cm³/mol. The molecule has 1 aromatic carbocycles. The number of piperazine rings is 1. The normalized spacial score (nSPS) is 27.8. The third-order valence-electron chi connectivity index (χ3n) is 4.47. The summed E-state index contributed by atoms with van der Waals surface area (Å²) >= 11 is 3.43. The standard InChI is InChI=1S/C16H24BrFN2/c1-4-14-9-19-16(3,5-2)11-20(14)10-12-8-13(17)6-7-15(12)18/h6-8,14,19H,4-5,9-11H2,1-3H3. The number of nitrogens with zero attached hydrogens (tertiary/aromatic N) is 1. The van der Waals surface area contributed by atoms with Crippen molar-refractivity contribution < 1.29 is 4.39 Å². The SMILES string of the molecule is CCC1CNC(C)(CC)CN1Cc1cc(Br)ccc1F. The lowest BCUT2D eigenvalue weighted by Crippen LogP contribution is -2.62. The fraction of sp³-hybridized carbons (Fsp3) is 0.625. The molecule has 0 saturated carbocycles. The third kappa shape index (κ3) is 3.60. The summed E-state index contributed by atoms with van der Waals surface area (Å²) in [4.78, 5) is 2.42. The van der Waals surface area contributed by atoms with Crippen LogP contribution in [0.3, 0.4) is 0 Å². The fourth-order valence-corrected chi connectivity index (χ4v) is 3.24. The van der Waals surface area contributed by atoms with Crippen LogP contribution < -0.4 is 5.32 Å². The predicted octanol–water partition coefficient (Wildman–Crippen LogP) is 3.94. The number of rotatable bonds is 4. The quantitative estimate of drug-likeness (QED) is 0.891. The highest BCUT2D eigenvalue weighted by atomic mass is 79.9. The van der Waals surface area contributed by atoms with Crippen molar-refractivity contribution in [2.45, 2.75) is 51.7 Å². The molecule has 1 fully saturated rings. The Morgan fingerprint density at radius 3 is 2.85 bits per heavy atom. The molecule has 1 saturated heterocycles. The van der Waals surface area contributed by atoms with Crippen LogP contribution in [0.4, 0.5) is 4.39 Å². The molecule has 2 unspecified atom stereocenters. The number of hydrogen-bond acceptors (Lipinski definition) is 2. The minimum Gasteiger partial charge on any atom is -0.309 e. The van der Waals surface area contributed by atoms with Crippen LogP contribution in [0.25, 0.3) is 0 Å². The molecule has 1 aromatic rings. The van der Waals surface area contributed by atoms with Crippen molar-refractivity contribution >= 4 is 15.9 Å². The van der Waals surface area contributed by atoms with Gasteiger partial charge in [0, 0.05) is 41.3 Å². The highest BCUT2D eigenvalue weighted by Gasteiger charge is 2.33. The van der Waals surface area contributed by atoms with Gasteiger partial charge < -0.3 is 5.32 Å². The third-order valence-corrected chi connectivity index (χ3v) is 4.96. The lowest BCUT2D eigenvalue weighted by molar-refractivity contribution is 0.0745. The summed E-state index contributed by atoms with van der Waals surface area (Å²) in [6, 6.07) is 5.67. The van der Waals surface area contributed by atoms with Crippen molar-refractivity contribution in [1.29, 1.82) is 0 Å². The van der Waals surface area contributed by atoms with Crippen LogP contribution in [0.2, 0.25) is 0 Å². The zero-order chi connectivity index (χ0) is 14.8. The van der Waals surface area contributed by atoms with Crippen molar-refractivity contribution in [3.05, 3.63) is 34.1 Å². The Labute approximate surface area is 129 Å². The zero-order valence-corrected chi connectivity index (χ0v) is 14.1. The molecule has 112 valence electrons. The van der Waals surface area contributed by atoms with Crippen molar-refractivity contribution in [1.82, 2.24) is 10.2 Å². The Morgan fingerprint density at radius 1 is 1.45 bits per heavy atom. The van der Waals surface area contributed by atoms with E-state index in [1.165, 1.54) is 0 Å². The maximum absolute atomic E-state index is 14.0. The average Bonchev–Trinajstić information content (AvgIpc) is 2.43. The molecule has 2 atom stereocenters. The van der Waals surface area contributed by atoms with E-state index in [4.69, 9.17) is 0 Å². The van der Waals surface area contributed by atoms with Crippen LogP contribution in [0, 0.1) is 5.82 Å². The van der Waals surface area contributed by atoms with E-state index < -0.39 is 0 Å². The van der Waals surface area contributed by atoms with Gasteiger partial charge in [-0.15, -0.1) is 0 Å². The molecule has 1 N–H and O–H groups in total. The first kappa shape index (κ1) is 15.9. The molecule has 20 heavy (non-hydrogen) atoms. The summed E-state index contributed by atoms with van der Waals surface area (Å²) in [5.41, 5.74) is 0.909. The van der Waals surface area contributed by atoms with Gasteiger partial charge in [0.05, 0.1) is 0 Å². The average molecular weight is 343 g/mol. The molecule has 0 aromatic heterocycles. The molecule has 1 aliphatic rings. The number of nitrogens with one attached hydrogen (secondary N) is 1. The minimum atomic E-state index is -0.111. The van der Waals surface area contributed by atoms with Gasteiger partial charge in [0.25, 0.3) is 0 Å². The van der Waals surface area contributed by atoms with Gasteiger partial charge in [-0.3, -0.25) is 4.90 Å². The van der Waals surface area contributed by atoms with Crippen LogP contribution in [0.1, 0.15) is 39.2 Å². The Balaban J connectivity index is 2.17. The molecule has 2 rings (SSSR count). The molecule has 1 heterocycles. The second-order valence-corrected chi connectivity index (χ2v) is 6.91. The van der Waals surface area contributed by atoms with Crippen molar-refractivity contribution in [2.75, 3.05) is 13.1 Å². The van der Waals surface area contributed by atoms with Crippen LogP contribution in [0.5, 0.6) is 0 Å². The highest BCUT2D eigenvalue weighted by Crippen LogP contribution is 2.24. The second-order valence-electron chi connectivity index (χ2n) is 6.00. The van der Waals surface area contributed by atoms with Crippen LogP contribution in [-0.2, 0) is 6.54 Å². The Hall–Kier alpha value is -0.450. The molecule has 0 spiro atoms. The molecule has 0 aliphatic carbocycles. The Kier molecular flexibility index (Phi) is 5.21. The number of hydrogen-bond donors (Lipinski definition) is 1. The fourth-order valence-electron chi connectivity index (χ4n) is 2.83. The first-order valence-electron chi connectivity index (χ1n) is 7.40. The molecule has 0 radical (unpaired) electrons. The zero-order valence-electron chi connectivity index (χ0n) is 12.5. The van der Waals surface area contributed by atoms with E-state index in [-0.39, 0.29) is 11.4 Å². The first-order valence-corrected chi connectivity index (χ1v) is 8.19. The van der Waals surface area contributed by atoms with E-state index >= 15 is 0 Å². The summed E-state index contributed by atoms with van der Waals surface area (Å²) in [6.07, 6.45) is 2.17. The second kappa shape index (κ2) is 6.54. The van der Waals surface area contributed by atoms with E-state index in [2.05, 4.69) is 46.9 Å². The first-order chi connectivity index (χ1) is 9.47. The monoisotopic (exact) mass is 342 g/mol. The largest absolute Gasteiger partial charge is 0.309 e. The van der Waals surface area contributed by atoms with E-state index in [1.54, 1.807) is 12.1 Å². The van der Waals surface area contributed by atoms with E-state index in [1.807, 2.05) is 6.07 Å². The van der Waals surface area contributed by atoms with Crippen molar-refractivity contribution in [3.8, 4) is 0 Å². The Morgan fingerprint density at radius 2 is 2.20 bits per heavy atom. The van der Waals surface area contributed by atoms with E-state index in [0.717, 1.165) is 36.0 Å². The summed E-state index contributed by atoms with van der Waals surface area (Å²) < 4.78 is 14.9. The molecule has 1 aliphatic heterocycles. The smallest absolute Gasteiger partial charge is 0.127 e. The number of halogens is 2. The Bertz CT molecular complexity index is 466. The summed E-state index contributed by atoms with van der Waals surface area (Å²) in [7, 11) is 0. The maximum Gasteiger partial charge on any atom is 0.127 e. The summed E-state index contributed by atoms with van der Waals surface area (Å²) in [6.45, 7) is 9.29. The van der Waals surface area contributed by atoms with Gasteiger partial charge in [0.1, 0.15) is 5.82 Å². The van der Waals surface area contributed by atoms with Gasteiger partial charge in [-0.25, -0.2) is 4.39 Å². The maximum atomic E-state index is 14.0. The molecule has 4 heteroatoms. The van der Waals surface area contributed by atoms with Crippen molar-refractivity contribution in [3.63, 3.8) is 0 Å². The topological polar surface area (TPSA) is 15.3 Å². The summed E-state index contributed by atoms with van der Waals surface area (Å²) in [5.74, 6) is -0.111. The molecule has 0 amide bonds. The van der Waals surface area contributed by atoms with E-state index in [0.29, 0.717) is 12.6 Å². The molecule has 2 nitrogen and oxygen atoms in total.